The molecule has 0 aliphatic heterocycles. The maximum atomic E-state index is 11.4. The normalized spacial score (nSPS) is 16.2. The lowest BCUT2D eigenvalue weighted by Gasteiger charge is -1.98. The largest absolute Gasteiger partial charge is 0.273 e. The van der Waals surface area contributed by atoms with Gasteiger partial charge in [-0.25, -0.2) is 5.43 Å². The molecule has 1 fully saturated rings. The third-order valence-corrected chi connectivity index (χ3v) is 3.99. The molecule has 1 N–H and O–H groups in total. The molecule has 0 aromatic carbocycles. The molecule has 2 rings (SSSR count). The molecule has 0 saturated heterocycles. The lowest BCUT2D eigenvalue weighted by Crippen LogP contribution is -2.20. The molecule has 1 amide bonds. The van der Waals surface area contributed by atoms with Crippen LogP contribution in [0.5, 0.6) is 0 Å². The average molecular weight is 236 g/mol. The van der Waals surface area contributed by atoms with E-state index in [2.05, 4.69) is 29.6 Å². The zero-order valence-corrected chi connectivity index (χ0v) is 10.4. The van der Waals surface area contributed by atoms with E-state index in [1.807, 2.05) is 6.92 Å². The van der Waals surface area contributed by atoms with Gasteiger partial charge in [0.05, 0.1) is 10.6 Å². The van der Waals surface area contributed by atoms with E-state index in [1.54, 1.807) is 11.3 Å². The second kappa shape index (κ2) is 4.78. The summed E-state index contributed by atoms with van der Waals surface area (Å²) >= 11 is 1.73. The molecule has 0 atom stereocenters. The molecule has 4 heteroatoms. The zero-order chi connectivity index (χ0) is 11.5. The first-order valence-corrected chi connectivity index (χ1v) is 6.45. The molecule has 16 heavy (non-hydrogen) atoms. The molecule has 0 bridgehead atoms. The van der Waals surface area contributed by atoms with Gasteiger partial charge in [0.1, 0.15) is 0 Å². The van der Waals surface area contributed by atoms with E-state index in [4.69, 9.17) is 0 Å². The first-order valence-electron chi connectivity index (χ1n) is 5.64. The maximum absolute atomic E-state index is 11.4. The molecule has 0 radical (unpaired) electrons. The van der Waals surface area contributed by atoms with Gasteiger partial charge in [0, 0.05) is 10.8 Å². The Morgan fingerprint density at radius 2 is 2.31 bits per heavy atom. The number of nitrogens with zero attached hydrogens (tertiary/aromatic N) is 1. The first-order chi connectivity index (χ1) is 7.70. The van der Waals surface area contributed by atoms with E-state index in [0.717, 1.165) is 29.9 Å². The summed E-state index contributed by atoms with van der Waals surface area (Å²) in [4.78, 5) is 13.9. The Kier molecular flexibility index (Phi) is 3.39. The Balaban J connectivity index is 1.97. The van der Waals surface area contributed by atoms with Gasteiger partial charge in [-0.2, -0.15) is 5.10 Å². The van der Waals surface area contributed by atoms with Crippen LogP contribution in [0, 0.1) is 5.92 Å². The molecular weight excluding hydrogens is 220 g/mol. The maximum Gasteiger partial charge on any atom is 0.243 e. The molecule has 3 nitrogen and oxygen atoms in total. The molecule has 0 spiro atoms. The number of hydrazone groups is 1. The summed E-state index contributed by atoms with van der Waals surface area (Å²) in [6.45, 7) is 4.06. The second-order valence-corrected chi connectivity index (χ2v) is 5.24. The van der Waals surface area contributed by atoms with Gasteiger partial charge in [-0.05, 0) is 38.3 Å². The van der Waals surface area contributed by atoms with Crippen molar-refractivity contribution in [3.8, 4) is 0 Å². The zero-order valence-electron chi connectivity index (χ0n) is 9.62. The number of rotatable bonds is 4. The second-order valence-electron chi connectivity index (χ2n) is 4.07. The number of carbonyl (C=O) groups is 1. The van der Waals surface area contributed by atoms with Crippen molar-refractivity contribution in [2.45, 2.75) is 33.1 Å². The van der Waals surface area contributed by atoms with Crippen molar-refractivity contribution < 1.29 is 4.79 Å². The highest BCUT2D eigenvalue weighted by atomic mass is 32.1. The number of hydrogen-bond donors (Lipinski definition) is 1. The highest BCUT2D eigenvalue weighted by molar-refractivity contribution is 7.14. The van der Waals surface area contributed by atoms with E-state index < -0.39 is 0 Å². The average Bonchev–Trinajstić information content (AvgIpc) is 3.03. The summed E-state index contributed by atoms with van der Waals surface area (Å²) < 4.78 is 0. The molecule has 1 saturated carbocycles. The Bertz CT molecular complexity index is 418. The highest BCUT2D eigenvalue weighted by Gasteiger charge is 2.29. The van der Waals surface area contributed by atoms with E-state index in [-0.39, 0.29) is 11.8 Å². The Morgan fingerprint density at radius 3 is 2.88 bits per heavy atom. The standard InChI is InChI=1S/C12H16N2OS/c1-3-10-6-7-11(16-10)8(2)13-14-12(15)9-4-5-9/h6-7,9H,3-5H2,1-2H3,(H,14,15)/b13-8+. The topological polar surface area (TPSA) is 41.5 Å². The fourth-order valence-electron chi connectivity index (χ4n) is 1.39. The van der Waals surface area contributed by atoms with E-state index in [9.17, 15) is 4.79 Å². The predicted octanol–water partition coefficient (Wildman–Crippen LogP) is 2.56. The van der Waals surface area contributed by atoms with E-state index in [1.165, 1.54) is 4.88 Å². The van der Waals surface area contributed by atoms with Gasteiger partial charge in [-0.1, -0.05) is 6.92 Å². The van der Waals surface area contributed by atoms with Crippen molar-refractivity contribution >= 4 is 23.0 Å². The van der Waals surface area contributed by atoms with Crippen LogP contribution in [0.1, 0.15) is 36.4 Å². The fourth-order valence-corrected chi connectivity index (χ4v) is 2.29. The fraction of sp³-hybridized carbons (Fsp3) is 0.500. The van der Waals surface area contributed by atoms with Gasteiger partial charge in [-0.3, -0.25) is 4.79 Å². The van der Waals surface area contributed by atoms with Crippen molar-refractivity contribution in [3.05, 3.63) is 21.9 Å². The van der Waals surface area contributed by atoms with Crippen molar-refractivity contribution in [2.24, 2.45) is 11.0 Å². The van der Waals surface area contributed by atoms with Crippen LogP contribution in [0.4, 0.5) is 0 Å². The monoisotopic (exact) mass is 236 g/mol. The molecule has 1 aliphatic rings. The van der Waals surface area contributed by atoms with Crippen molar-refractivity contribution in [1.82, 2.24) is 5.43 Å². The molecule has 1 aromatic heterocycles. The van der Waals surface area contributed by atoms with Gasteiger partial charge in [-0.15, -0.1) is 11.3 Å². The molecular formula is C12H16N2OS. The number of aryl methyl sites for hydroxylation is 1. The van der Waals surface area contributed by atoms with Gasteiger partial charge in [0.2, 0.25) is 5.91 Å². The smallest absolute Gasteiger partial charge is 0.243 e. The highest BCUT2D eigenvalue weighted by Crippen LogP contribution is 2.28. The summed E-state index contributed by atoms with van der Waals surface area (Å²) in [5.41, 5.74) is 3.51. The van der Waals surface area contributed by atoms with Crippen molar-refractivity contribution in [1.29, 1.82) is 0 Å². The van der Waals surface area contributed by atoms with Gasteiger partial charge in [0.25, 0.3) is 0 Å². The van der Waals surface area contributed by atoms with Crippen LogP contribution in [-0.2, 0) is 11.2 Å². The molecule has 86 valence electrons. The van der Waals surface area contributed by atoms with Crippen LogP contribution < -0.4 is 5.43 Å². The van der Waals surface area contributed by atoms with Crippen molar-refractivity contribution in [3.63, 3.8) is 0 Å². The van der Waals surface area contributed by atoms with Gasteiger partial charge >= 0.3 is 0 Å². The van der Waals surface area contributed by atoms with Gasteiger partial charge < -0.3 is 0 Å². The number of amides is 1. The summed E-state index contributed by atoms with van der Waals surface area (Å²) in [7, 11) is 0. The quantitative estimate of drug-likeness (QED) is 0.633. The summed E-state index contributed by atoms with van der Waals surface area (Å²) in [5.74, 6) is 0.276. The van der Waals surface area contributed by atoms with Crippen LogP contribution in [0.15, 0.2) is 17.2 Å². The molecule has 1 aromatic rings. The number of carbonyl (C=O) groups excluding carboxylic acids is 1. The lowest BCUT2D eigenvalue weighted by atomic mass is 10.3. The minimum atomic E-state index is 0.0617. The Hall–Kier alpha value is -1.16. The molecule has 1 aliphatic carbocycles. The Morgan fingerprint density at radius 1 is 1.56 bits per heavy atom. The van der Waals surface area contributed by atoms with Crippen LogP contribution in [0.2, 0.25) is 0 Å². The van der Waals surface area contributed by atoms with Gasteiger partial charge in [0.15, 0.2) is 0 Å². The third kappa shape index (κ3) is 2.70. The molecule has 1 heterocycles. The number of thiophene rings is 1. The summed E-state index contributed by atoms with van der Waals surface area (Å²) in [5, 5.41) is 4.13. The van der Waals surface area contributed by atoms with Crippen LogP contribution in [-0.4, -0.2) is 11.6 Å². The summed E-state index contributed by atoms with van der Waals surface area (Å²) in [6.07, 6.45) is 3.07. The SMILES string of the molecule is CCc1ccc(/C(C)=N/NC(=O)C2CC2)s1. The van der Waals surface area contributed by atoms with Crippen LogP contribution in [0.25, 0.3) is 0 Å². The predicted molar refractivity (Wildman–Crippen MR) is 66.8 cm³/mol. The lowest BCUT2D eigenvalue weighted by molar-refractivity contribution is -0.122. The van der Waals surface area contributed by atoms with E-state index in [0.29, 0.717) is 0 Å². The van der Waals surface area contributed by atoms with Crippen molar-refractivity contribution in [2.75, 3.05) is 0 Å². The number of nitrogens with one attached hydrogen (secondary N) is 1. The minimum Gasteiger partial charge on any atom is -0.273 e. The third-order valence-electron chi connectivity index (χ3n) is 2.65. The molecule has 0 unspecified atom stereocenters. The van der Waals surface area contributed by atoms with Crippen LogP contribution in [0.3, 0.4) is 0 Å². The Labute approximate surface area is 99.6 Å². The summed E-state index contributed by atoms with van der Waals surface area (Å²) in [6, 6.07) is 4.17. The van der Waals surface area contributed by atoms with Crippen LogP contribution >= 0.6 is 11.3 Å². The minimum absolute atomic E-state index is 0.0617. The first kappa shape index (κ1) is 11.3. The van der Waals surface area contributed by atoms with E-state index >= 15 is 0 Å². The number of hydrogen-bond acceptors (Lipinski definition) is 3.